The number of carbonyl (C=O) groups is 2. The smallest absolute Gasteiger partial charge is 0.247 e. The maximum atomic E-state index is 13.7. The highest BCUT2D eigenvalue weighted by Crippen LogP contribution is 2.26. The summed E-state index contributed by atoms with van der Waals surface area (Å²) in [4.78, 5) is 33.0. The molecule has 4 aromatic rings. The van der Waals surface area contributed by atoms with Crippen LogP contribution in [0.25, 0.3) is 0 Å². The first kappa shape index (κ1) is 25.1. The Morgan fingerprint density at radius 2 is 1.42 bits per heavy atom. The highest BCUT2D eigenvalue weighted by Gasteiger charge is 2.31. The van der Waals surface area contributed by atoms with Crippen molar-refractivity contribution in [2.24, 2.45) is 0 Å². The first-order valence-corrected chi connectivity index (χ1v) is 12.3. The molecule has 1 heterocycles. The summed E-state index contributed by atoms with van der Waals surface area (Å²) in [6.07, 6.45) is 4.27. The van der Waals surface area contributed by atoms with Crippen LogP contribution in [0.5, 0.6) is 0 Å². The van der Waals surface area contributed by atoms with Gasteiger partial charge in [-0.05, 0) is 52.9 Å². The maximum Gasteiger partial charge on any atom is 0.247 e. The van der Waals surface area contributed by atoms with E-state index in [0.29, 0.717) is 24.4 Å². The fourth-order valence-corrected chi connectivity index (χ4v) is 4.17. The molecule has 1 atom stereocenters. The average Bonchev–Trinajstić information content (AvgIpc) is 2.93. The van der Waals surface area contributed by atoms with E-state index in [4.69, 9.17) is 11.6 Å². The molecular weight excluding hydrogens is 470 g/mol. The van der Waals surface area contributed by atoms with Crippen LogP contribution in [0.4, 0.5) is 0 Å². The molecule has 0 spiro atoms. The zero-order chi connectivity index (χ0) is 25.2. The summed E-state index contributed by atoms with van der Waals surface area (Å²) in [7, 11) is 0. The van der Waals surface area contributed by atoms with E-state index in [9.17, 15) is 9.59 Å². The molecule has 0 unspecified atom stereocenters. The van der Waals surface area contributed by atoms with Crippen LogP contribution in [0.2, 0.25) is 5.02 Å². The van der Waals surface area contributed by atoms with Gasteiger partial charge in [-0.1, -0.05) is 84.4 Å². The lowest BCUT2D eigenvalue weighted by molar-refractivity contribution is -0.141. The van der Waals surface area contributed by atoms with Crippen molar-refractivity contribution in [2.75, 3.05) is 0 Å². The third-order valence-corrected chi connectivity index (χ3v) is 6.20. The first-order valence-electron chi connectivity index (χ1n) is 11.9. The van der Waals surface area contributed by atoms with Crippen LogP contribution in [0.15, 0.2) is 109 Å². The van der Waals surface area contributed by atoms with Gasteiger partial charge in [-0.3, -0.25) is 14.6 Å². The van der Waals surface area contributed by atoms with Gasteiger partial charge in [0.2, 0.25) is 11.8 Å². The monoisotopic (exact) mass is 497 g/mol. The summed E-state index contributed by atoms with van der Waals surface area (Å²) >= 11 is 6.09. The second-order valence-electron chi connectivity index (χ2n) is 8.52. The number of amides is 2. The number of hydrogen-bond acceptors (Lipinski definition) is 3. The number of hydrogen-bond donors (Lipinski definition) is 1. The number of carbonyl (C=O) groups excluding carboxylic acids is 2. The standard InChI is InChI=1S/C30H28ClN3O2/c31-27-14-11-25(12-15-27)22-34(28(35)16-13-23-7-3-1-4-8-23)29(26-9-5-2-6-10-26)30(36)33-21-24-17-19-32-20-18-24/h1-12,14-15,17-20,29H,13,16,21-22H2,(H,33,36)/t29-/m1/s1. The number of nitrogens with zero attached hydrogens (tertiary/aromatic N) is 2. The molecule has 0 radical (unpaired) electrons. The van der Waals surface area contributed by atoms with Crippen LogP contribution in [0, 0.1) is 0 Å². The Bertz CT molecular complexity index is 1250. The molecule has 36 heavy (non-hydrogen) atoms. The SMILES string of the molecule is O=C(NCc1ccncc1)[C@@H](c1ccccc1)N(Cc1ccc(Cl)cc1)C(=O)CCc1ccccc1. The van der Waals surface area contributed by atoms with Crippen molar-refractivity contribution in [2.45, 2.75) is 32.0 Å². The molecule has 0 bridgehead atoms. The second kappa shape index (κ2) is 12.7. The zero-order valence-corrected chi connectivity index (χ0v) is 20.6. The van der Waals surface area contributed by atoms with Crippen molar-refractivity contribution >= 4 is 23.4 Å². The minimum atomic E-state index is -0.785. The Hall–Kier alpha value is -3.96. The van der Waals surface area contributed by atoms with Crippen molar-refractivity contribution in [1.29, 1.82) is 0 Å². The molecule has 0 fully saturated rings. The average molecular weight is 498 g/mol. The van der Waals surface area contributed by atoms with Gasteiger partial charge in [0, 0.05) is 36.9 Å². The number of pyridine rings is 1. The van der Waals surface area contributed by atoms with Crippen molar-refractivity contribution in [3.8, 4) is 0 Å². The molecule has 3 aromatic carbocycles. The second-order valence-corrected chi connectivity index (χ2v) is 8.96. The Balaban J connectivity index is 1.62. The van der Waals surface area contributed by atoms with E-state index >= 15 is 0 Å². The number of rotatable bonds is 10. The molecule has 0 saturated carbocycles. The lowest BCUT2D eigenvalue weighted by Gasteiger charge is -2.32. The van der Waals surface area contributed by atoms with E-state index in [2.05, 4.69) is 10.3 Å². The number of aryl methyl sites for hydroxylation is 1. The van der Waals surface area contributed by atoms with Gasteiger partial charge in [0.1, 0.15) is 6.04 Å². The van der Waals surface area contributed by atoms with Crippen molar-refractivity contribution in [3.63, 3.8) is 0 Å². The highest BCUT2D eigenvalue weighted by atomic mass is 35.5. The van der Waals surface area contributed by atoms with E-state index in [1.807, 2.05) is 84.9 Å². The van der Waals surface area contributed by atoms with Gasteiger partial charge in [-0.25, -0.2) is 0 Å². The van der Waals surface area contributed by atoms with E-state index in [1.54, 1.807) is 29.4 Å². The van der Waals surface area contributed by atoms with Gasteiger partial charge < -0.3 is 10.2 Å². The molecule has 6 heteroatoms. The fourth-order valence-electron chi connectivity index (χ4n) is 4.04. The van der Waals surface area contributed by atoms with Crippen molar-refractivity contribution in [3.05, 3.63) is 137 Å². The Morgan fingerprint density at radius 1 is 0.778 bits per heavy atom. The Labute approximate surface area is 216 Å². The molecule has 1 N–H and O–H groups in total. The Morgan fingerprint density at radius 3 is 2.08 bits per heavy atom. The van der Waals surface area contributed by atoms with Crippen LogP contribution >= 0.6 is 11.6 Å². The van der Waals surface area contributed by atoms with Gasteiger partial charge in [0.05, 0.1) is 0 Å². The third kappa shape index (κ3) is 7.03. The molecule has 4 rings (SSSR count). The molecule has 0 saturated heterocycles. The minimum Gasteiger partial charge on any atom is -0.350 e. The van der Waals surface area contributed by atoms with E-state index < -0.39 is 6.04 Å². The van der Waals surface area contributed by atoms with Crippen LogP contribution < -0.4 is 5.32 Å². The molecule has 1 aromatic heterocycles. The molecule has 2 amide bonds. The highest BCUT2D eigenvalue weighted by molar-refractivity contribution is 6.30. The van der Waals surface area contributed by atoms with Crippen LogP contribution in [-0.4, -0.2) is 21.7 Å². The largest absolute Gasteiger partial charge is 0.350 e. The van der Waals surface area contributed by atoms with Crippen molar-refractivity contribution in [1.82, 2.24) is 15.2 Å². The molecule has 5 nitrogen and oxygen atoms in total. The van der Waals surface area contributed by atoms with Crippen LogP contribution in [-0.2, 0) is 29.1 Å². The quantitative estimate of drug-likeness (QED) is 0.303. The summed E-state index contributed by atoms with van der Waals surface area (Å²) < 4.78 is 0. The van der Waals surface area contributed by atoms with Gasteiger partial charge in [-0.2, -0.15) is 0 Å². The lowest BCUT2D eigenvalue weighted by atomic mass is 10.0. The summed E-state index contributed by atoms with van der Waals surface area (Å²) in [6.45, 7) is 0.630. The normalized spacial score (nSPS) is 11.5. The molecular formula is C30H28ClN3O2. The molecule has 0 aliphatic carbocycles. The predicted octanol–water partition coefficient (Wildman–Crippen LogP) is 5.75. The number of benzene rings is 3. The summed E-state index contributed by atoms with van der Waals surface area (Å²) in [5, 5.41) is 3.64. The molecule has 0 aliphatic rings. The van der Waals surface area contributed by atoms with Crippen LogP contribution in [0.3, 0.4) is 0 Å². The first-order chi connectivity index (χ1) is 17.6. The number of nitrogens with one attached hydrogen (secondary N) is 1. The van der Waals surface area contributed by atoms with E-state index in [0.717, 1.165) is 22.3 Å². The number of halogens is 1. The minimum absolute atomic E-state index is 0.0956. The lowest BCUT2D eigenvalue weighted by Crippen LogP contribution is -2.43. The summed E-state index contributed by atoms with van der Waals surface area (Å²) in [5.74, 6) is -0.332. The fraction of sp³-hybridized carbons (Fsp3) is 0.167. The molecule has 0 aliphatic heterocycles. The number of aromatic nitrogens is 1. The van der Waals surface area contributed by atoms with Gasteiger partial charge >= 0.3 is 0 Å². The van der Waals surface area contributed by atoms with Crippen molar-refractivity contribution < 1.29 is 9.59 Å². The topological polar surface area (TPSA) is 62.3 Å². The maximum absolute atomic E-state index is 13.7. The summed E-state index contributed by atoms with van der Waals surface area (Å²) in [5.41, 5.74) is 3.67. The molecule has 182 valence electrons. The predicted molar refractivity (Wildman–Crippen MR) is 142 cm³/mol. The third-order valence-electron chi connectivity index (χ3n) is 5.95. The van der Waals surface area contributed by atoms with E-state index in [1.165, 1.54) is 0 Å². The summed E-state index contributed by atoms with van der Waals surface area (Å²) in [6, 6.07) is 29.6. The van der Waals surface area contributed by atoms with Gasteiger partial charge in [0.15, 0.2) is 0 Å². The Kier molecular flexibility index (Phi) is 8.84. The van der Waals surface area contributed by atoms with Gasteiger partial charge in [0.25, 0.3) is 0 Å². The zero-order valence-electron chi connectivity index (χ0n) is 19.9. The van der Waals surface area contributed by atoms with Crippen LogP contribution in [0.1, 0.15) is 34.7 Å². The van der Waals surface area contributed by atoms with Gasteiger partial charge in [-0.15, -0.1) is 0 Å². The van der Waals surface area contributed by atoms with E-state index in [-0.39, 0.29) is 18.4 Å².